The summed E-state index contributed by atoms with van der Waals surface area (Å²) < 4.78 is 42.8. The van der Waals surface area contributed by atoms with Gasteiger partial charge in [-0.3, -0.25) is 4.79 Å². The number of ether oxygens (including phenoxy) is 1. The van der Waals surface area contributed by atoms with Crippen LogP contribution in [0.5, 0.6) is 0 Å². The Morgan fingerprint density at radius 2 is 2.40 bits per heavy atom. The van der Waals surface area contributed by atoms with Crippen molar-refractivity contribution in [1.82, 2.24) is 9.78 Å². The first-order valence-electron chi connectivity index (χ1n) is 6.04. The Morgan fingerprint density at radius 1 is 1.60 bits per heavy atom. The quantitative estimate of drug-likeness (QED) is 0.905. The van der Waals surface area contributed by atoms with E-state index in [1.54, 1.807) is 10.7 Å². The van der Waals surface area contributed by atoms with Crippen LogP contribution in [0.2, 0.25) is 0 Å². The minimum Gasteiger partial charge on any atom is -0.381 e. The van der Waals surface area contributed by atoms with Crippen molar-refractivity contribution in [2.75, 3.05) is 24.3 Å². The van der Waals surface area contributed by atoms with Crippen LogP contribution < -0.4 is 5.32 Å². The SMILES string of the molecule is O=C(CSC(F)(F)F)Nc1ccnn1CC1CCOC1. The monoisotopic (exact) mass is 309 g/mol. The summed E-state index contributed by atoms with van der Waals surface area (Å²) in [6.45, 7) is 1.92. The molecule has 1 aromatic rings. The minimum atomic E-state index is -4.40. The summed E-state index contributed by atoms with van der Waals surface area (Å²) in [5, 5.41) is 6.50. The highest BCUT2D eigenvalue weighted by Gasteiger charge is 2.29. The van der Waals surface area contributed by atoms with E-state index < -0.39 is 17.2 Å². The number of alkyl halides is 3. The lowest BCUT2D eigenvalue weighted by molar-refractivity contribution is -0.114. The van der Waals surface area contributed by atoms with E-state index in [9.17, 15) is 18.0 Å². The fourth-order valence-electron chi connectivity index (χ4n) is 1.88. The number of nitrogens with zero attached hydrogens (tertiary/aromatic N) is 2. The molecule has 0 bridgehead atoms. The van der Waals surface area contributed by atoms with Crippen LogP contribution >= 0.6 is 11.8 Å². The van der Waals surface area contributed by atoms with Gasteiger partial charge in [0.1, 0.15) is 5.82 Å². The molecule has 0 radical (unpaired) electrons. The van der Waals surface area contributed by atoms with E-state index in [1.165, 1.54) is 6.20 Å². The second-order valence-electron chi connectivity index (χ2n) is 4.41. The number of hydrogen-bond donors (Lipinski definition) is 1. The number of hydrogen-bond acceptors (Lipinski definition) is 4. The second kappa shape index (κ2) is 6.49. The number of anilines is 1. The molecule has 1 amide bonds. The van der Waals surface area contributed by atoms with Crippen molar-refractivity contribution in [2.24, 2.45) is 5.92 Å². The van der Waals surface area contributed by atoms with Crippen molar-refractivity contribution in [1.29, 1.82) is 0 Å². The van der Waals surface area contributed by atoms with Crippen LogP contribution in [0.4, 0.5) is 19.0 Å². The van der Waals surface area contributed by atoms with Crippen molar-refractivity contribution in [3.05, 3.63) is 12.3 Å². The molecule has 112 valence electrons. The van der Waals surface area contributed by atoms with Crippen LogP contribution in [0.3, 0.4) is 0 Å². The third-order valence-corrected chi connectivity index (χ3v) is 3.54. The number of nitrogens with one attached hydrogen (secondary N) is 1. The van der Waals surface area contributed by atoms with Gasteiger partial charge in [0.15, 0.2) is 0 Å². The Morgan fingerprint density at radius 3 is 3.05 bits per heavy atom. The van der Waals surface area contributed by atoms with Gasteiger partial charge in [0, 0.05) is 25.1 Å². The molecular weight excluding hydrogens is 295 g/mol. The lowest BCUT2D eigenvalue weighted by atomic mass is 10.1. The number of thioether (sulfide) groups is 1. The molecule has 1 N–H and O–H groups in total. The van der Waals surface area contributed by atoms with Crippen LogP contribution in [0.25, 0.3) is 0 Å². The molecule has 0 spiro atoms. The first-order chi connectivity index (χ1) is 9.44. The van der Waals surface area contributed by atoms with Crippen molar-refractivity contribution in [3.63, 3.8) is 0 Å². The molecule has 1 atom stereocenters. The molecule has 2 rings (SSSR count). The van der Waals surface area contributed by atoms with Gasteiger partial charge in [0.05, 0.1) is 18.6 Å². The van der Waals surface area contributed by atoms with Crippen LogP contribution in [-0.2, 0) is 16.1 Å². The number of rotatable bonds is 5. The van der Waals surface area contributed by atoms with E-state index >= 15 is 0 Å². The highest BCUT2D eigenvalue weighted by atomic mass is 32.2. The van der Waals surface area contributed by atoms with E-state index in [4.69, 9.17) is 4.74 Å². The van der Waals surface area contributed by atoms with Crippen LogP contribution in [-0.4, -0.2) is 40.2 Å². The predicted octanol–water partition coefficient (Wildman–Crippen LogP) is 2.11. The number of halogens is 3. The molecule has 1 saturated heterocycles. The molecule has 5 nitrogen and oxygen atoms in total. The third kappa shape index (κ3) is 4.71. The summed E-state index contributed by atoms with van der Waals surface area (Å²) >= 11 is -0.359. The molecule has 1 aliphatic heterocycles. The highest BCUT2D eigenvalue weighted by molar-refractivity contribution is 8.00. The fourth-order valence-corrected chi connectivity index (χ4v) is 2.25. The molecular formula is C11H14F3N3O2S. The number of carbonyl (C=O) groups is 1. The fraction of sp³-hybridized carbons (Fsp3) is 0.636. The molecule has 2 heterocycles. The van der Waals surface area contributed by atoms with Gasteiger partial charge in [-0.05, 0) is 18.2 Å². The van der Waals surface area contributed by atoms with E-state index in [0.29, 0.717) is 31.5 Å². The van der Waals surface area contributed by atoms with Gasteiger partial charge in [-0.1, -0.05) is 0 Å². The molecule has 1 aliphatic rings. The highest BCUT2D eigenvalue weighted by Crippen LogP contribution is 2.30. The Bertz CT molecular complexity index is 458. The van der Waals surface area contributed by atoms with E-state index in [2.05, 4.69) is 10.4 Å². The van der Waals surface area contributed by atoms with Crippen molar-refractivity contribution < 1.29 is 22.7 Å². The van der Waals surface area contributed by atoms with Gasteiger partial charge in [-0.2, -0.15) is 18.3 Å². The summed E-state index contributed by atoms with van der Waals surface area (Å²) in [4.78, 5) is 11.4. The van der Waals surface area contributed by atoms with Gasteiger partial charge in [-0.25, -0.2) is 4.68 Å². The molecule has 20 heavy (non-hydrogen) atoms. The standard InChI is InChI=1S/C11H14F3N3O2S/c12-11(13,14)20-7-10(18)16-9-1-3-15-17(9)5-8-2-4-19-6-8/h1,3,8H,2,4-7H2,(H,16,18). The van der Waals surface area contributed by atoms with Gasteiger partial charge < -0.3 is 10.1 Å². The number of amides is 1. The van der Waals surface area contributed by atoms with Crippen molar-refractivity contribution in [3.8, 4) is 0 Å². The molecule has 0 aliphatic carbocycles. The minimum absolute atomic E-state index is 0.315. The van der Waals surface area contributed by atoms with Gasteiger partial charge in [-0.15, -0.1) is 0 Å². The van der Waals surface area contributed by atoms with Crippen LogP contribution in [0, 0.1) is 5.92 Å². The number of aromatic nitrogens is 2. The normalized spacial score (nSPS) is 19.2. The number of carbonyl (C=O) groups excluding carboxylic acids is 1. The first-order valence-corrected chi connectivity index (χ1v) is 7.03. The van der Waals surface area contributed by atoms with Gasteiger partial charge in [0.2, 0.25) is 5.91 Å². The van der Waals surface area contributed by atoms with E-state index in [0.717, 1.165) is 6.42 Å². The third-order valence-electron chi connectivity index (χ3n) is 2.81. The molecule has 0 aromatic carbocycles. The Balaban J connectivity index is 1.86. The summed E-state index contributed by atoms with van der Waals surface area (Å²) in [7, 11) is 0. The van der Waals surface area contributed by atoms with E-state index in [-0.39, 0.29) is 11.8 Å². The predicted molar refractivity (Wildman–Crippen MR) is 68.3 cm³/mol. The summed E-state index contributed by atoms with van der Waals surface area (Å²) in [6.07, 6.45) is 2.42. The smallest absolute Gasteiger partial charge is 0.381 e. The zero-order valence-electron chi connectivity index (χ0n) is 10.5. The first kappa shape index (κ1) is 15.2. The zero-order valence-corrected chi connectivity index (χ0v) is 11.3. The largest absolute Gasteiger partial charge is 0.442 e. The lowest BCUT2D eigenvalue weighted by Gasteiger charge is -2.12. The summed E-state index contributed by atoms with van der Waals surface area (Å²) in [5.74, 6) is -0.641. The lowest BCUT2D eigenvalue weighted by Crippen LogP contribution is -2.21. The van der Waals surface area contributed by atoms with Crippen LogP contribution in [0.15, 0.2) is 12.3 Å². The maximum atomic E-state index is 12.0. The topological polar surface area (TPSA) is 56.2 Å². The maximum Gasteiger partial charge on any atom is 0.442 e. The molecule has 1 aromatic heterocycles. The zero-order chi connectivity index (χ0) is 14.6. The average molecular weight is 309 g/mol. The van der Waals surface area contributed by atoms with E-state index in [1.807, 2.05) is 0 Å². The second-order valence-corrected chi connectivity index (χ2v) is 5.45. The van der Waals surface area contributed by atoms with Gasteiger partial charge in [0.25, 0.3) is 0 Å². The molecule has 9 heteroatoms. The molecule has 1 unspecified atom stereocenters. The summed E-state index contributed by atoms with van der Waals surface area (Å²) in [5.41, 5.74) is -4.40. The van der Waals surface area contributed by atoms with Crippen LogP contribution in [0.1, 0.15) is 6.42 Å². The Kier molecular flexibility index (Phi) is 4.92. The Hall–Kier alpha value is -1.22. The van der Waals surface area contributed by atoms with Gasteiger partial charge >= 0.3 is 5.51 Å². The van der Waals surface area contributed by atoms with Crippen molar-refractivity contribution in [2.45, 2.75) is 18.5 Å². The summed E-state index contributed by atoms with van der Waals surface area (Å²) in [6, 6.07) is 1.56. The molecule has 0 saturated carbocycles. The average Bonchev–Trinajstić information content (AvgIpc) is 2.99. The molecule has 1 fully saturated rings. The maximum absolute atomic E-state index is 12.0. The van der Waals surface area contributed by atoms with Crippen molar-refractivity contribution >= 4 is 23.5 Å². The Labute approximate surface area is 117 Å².